The van der Waals surface area contributed by atoms with Gasteiger partial charge < -0.3 is 10.0 Å². The molecule has 0 saturated carbocycles. The number of nitro groups is 1. The van der Waals surface area contributed by atoms with E-state index in [0.29, 0.717) is 16.5 Å². The molecule has 1 aromatic heterocycles. The van der Waals surface area contributed by atoms with E-state index in [1.165, 1.54) is 6.20 Å². The minimum Gasteiger partial charge on any atom is -0.396 e. The van der Waals surface area contributed by atoms with Crippen molar-refractivity contribution in [1.29, 1.82) is 0 Å². The number of piperidine rings is 1. The van der Waals surface area contributed by atoms with Gasteiger partial charge in [0, 0.05) is 24.8 Å². The third-order valence-electron chi connectivity index (χ3n) is 3.78. The van der Waals surface area contributed by atoms with E-state index in [9.17, 15) is 15.2 Å². The highest BCUT2D eigenvalue weighted by molar-refractivity contribution is 9.10. The molecule has 1 fully saturated rings. The minimum atomic E-state index is -0.418. The van der Waals surface area contributed by atoms with Crippen LogP contribution in [0.15, 0.2) is 10.7 Å². The van der Waals surface area contributed by atoms with E-state index in [0.717, 1.165) is 31.6 Å². The lowest BCUT2D eigenvalue weighted by atomic mass is 9.99. The predicted octanol–water partition coefficient (Wildman–Crippen LogP) is 2.80. The van der Waals surface area contributed by atoms with Gasteiger partial charge in [-0.3, -0.25) is 10.1 Å². The van der Waals surface area contributed by atoms with Crippen molar-refractivity contribution in [1.82, 2.24) is 4.98 Å². The second kappa shape index (κ2) is 6.49. The Kier molecular flexibility index (Phi) is 4.93. The van der Waals surface area contributed by atoms with Crippen molar-refractivity contribution in [3.63, 3.8) is 0 Å². The molecule has 20 heavy (non-hydrogen) atoms. The van der Waals surface area contributed by atoms with Gasteiger partial charge >= 0.3 is 0 Å². The summed E-state index contributed by atoms with van der Waals surface area (Å²) in [5, 5.41) is 20.1. The number of hydrogen-bond acceptors (Lipinski definition) is 5. The van der Waals surface area contributed by atoms with Gasteiger partial charge in [0.2, 0.25) is 0 Å². The highest BCUT2D eigenvalue weighted by Crippen LogP contribution is 2.35. The first kappa shape index (κ1) is 15.2. The number of halogens is 1. The summed E-state index contributed by atoms with van der Waals surface area (Å²) in [6.07, 6.45) is 5.26. The second-order valence-electron chi connectivity index (χ2n) is 5.02. The molecule has 6 nitrogen and oxygen atoms in total. The van der Waals surface area contributed by atoms with Gasteiger partial charge in [-0.25, -0.2) is 4.98 Å². The number of aromatic nitrogens is 1. The van der Waals surface area contributed by atoms with E-state index in [1.54, 1.807) is 6.92 Å². The molecule has 0 aliphatic carbocycles. The van der Waals surface area contributed by atoms with Crippen molar-refractivity contribution in [2.45, 2.75) is 38.6 Å². The van der Waals surface area contributed by atoms with E-state index in [4.69, 9.17) is 0 Å². The normalized spacial score (nSPS) is 19.1. The average molecular weight is 344 g/mol. The first-order chi connectivity index (χ1) is 9.56. The summed E-state index contributed by atoms with van der Waals surface area (Å²) in [6, 6.07) is 0.249. The highest BCUT2D eigenvalue weighted by Gasteiger charge is 2.27. The van der Waals surface area contributed by atoms with Crippen LogP contribution in [0.4, 0.5) is 11.5 Å². The topological polar surface area (TPSA) is 79.5 Å². The third-order valence-corrected chi connectivity index (χ3v) is 4.73. The maximum Gasteiger partial charge on any atom is 0.291 e. The van der Waals surface area contributed by atoms with Crippen LogP contribution in [0, 0.1) is 17.0 Å². The van der Waals surface area contributed by atoms with Gasteiger partial charge in [0.05, 0.1) is 9.40 Å². The van der Waals surface area contributed by atoms with Gasteiger partial charge in [-0.05, 0) is 48.5 Å². The SMILES string of the molecule is Cc1c([N+](=O)[O-])cnc(N2CCCCC2CCO)c1Br. The molecular weight excluding hydrogens is 326 g/mol. The van der Waals surface area contributed by atoms with Gasteiger partial charge in [-0.1, -0.05) is 0 Å². The lowest BCUT2D eigenvalue weighted by Crippen LogP contribution is -2.41. The summed E-state index contributed by atoms with van der Waals surface area (Å²) in [5.41, 5.74) is 0.615. The molecule has 1 unspecified atom stereocenters. The Hall–Kier alpha value is -1.21. The second-order valence-corrected chi connectivity index (χ2v) is 5.81. The number of pyridine rings is 1. The lowest BCUT2D eigenvalue weighted by molar-refractivity contribution is -0.385. The van der Waals surface area contributed by atoms with E-state index >= 15 is 0 Å². The standard InChI is InChI=1S/C13H18BrN3O3/c1-9-11(17(19)20)8-15-13(12(9)14)16-6-3-2-4-10(16)5-7-18/h8,10,18H,2-7H2,1H3. The zero-order chi connectivity index (χ0) is 14.7. The van der Waals surface area contributed by atoms with Crippen LogP contribution < -0.4 is 4.90 Å². The molecule has 1 aliphatic rings. The molecule has 7 heteroatoms. The number of aliphatic hydroxyl groups excluding tert-OH is 1. The summed E-state index contributed by atoms with van der Waals surface area (Å²) in [7, 11) is 0. The third kappa shape index (κ3) is 2.93. The molecule has 0 amide bonds. The van der Waals surface area contributed by atoms with Crippen LogP contribution in [0.5, 0.6) is 0 Å². The molecular formula is C13H18BrN3O3. The van der Waals surface area contributed by atoms with Crippen molar-refractivity contribution in [2.75, 3.05) is 18.1 Å². The Morgan fingerprint density at radius 1 is 1.60 bits per heavy atom. The van der Waals surface area contributed by atoms with Crippen LogP contribution >= 0.6 is 15.9 Å². The van der Waals surface area contributed by atoms with Crippen molar-refractivity contribution in [2.24, 2.45) is 0 Å². The quantitative estimate of drug-likeness (QED) is 0.671. The fourth-order valence-electron chi connectivity index (χ4n) is 2.67. The van der Waals surface area contributed by atoms with Gasteiger partial charge in [-0.2, -0.15) is 0 Å². The number of aliphatic hydroxyl groups is 1. The maximum atomic E-state index is 10.9. The van der Waals surface area contributed by atoms with Gasteiger partial charge in [0.15, 0.2) is 0 Å². The zero-order valence-electron chi connectivity index (χ0n) is 11.4. The average Bonchev–Trinajstić information content (AvgIpc) is 2.43. The zero-order valence-corrected chi connectivity index (χ0v) is 13.0. The van der Waals surface area contributed by atoms with E-state index in [-0.39, 0.29) is 18.3 Å². The highest BCUT2D eigenvalue weighted by atomic mass is 79.9. The summed E-state index contributed by atoms with van der Waals surface area (Å²) < 4.78 is 0.677. The van der Waals surface area contributed by atoms with Crippen LogP contribution in [0.25, 0.3) is 0 Å². The van der Waals surface area contributed by atoms with Gasteiger partial charge in [-0.15, -0.1) is 0 Å². The summed E-state index contributed by atoms with van der Waals surface area (Å²) in [4.78, 5) is 16.9. The van der Waals surface area contributed by atoms with Crippen LogP contribution in [0.1, 0.15) is 31.2 Å². The molecule has 0 radical (unpaired) electrons. The maximum absolute atomic E-state index is 10.9. The molecule has 2 rings (SSSR count). The van der Waals surface area contributed by atoms with Crippen molar-refractivity contribution in [3.05, 3.63) is 26.3 Å². The summed E-state index contributed by atoms with van der Waals surface area (Å²) in [6.45, 7) is 2.73. The van der Waals surface area contributed by atoms with E-state index < -0.39 is 4.92 Å². The monoisotopic (exact) mass is 343 g/mol. The molecule has 1 aliphatic heterocycles. The molecule has 1 N–H and O–H groups in total. The molecule has 0 bridgehead atoms. The molecule has 1 aromatic rings. The summed E-state index contributed by atoms with van der Waals surface area (Å²) >= 11 is 3.44. The molecule has 1 atom stereocenters. The van der Waals surface area contributed by atoms with Crippen LogP contribution in [-0.4, -0.2) is 34.2 Å². The molecule has 110 valence electrons. The Balaban J connectivity index is 2.36. The predicted molar refractivity (Wildman–Crippen MR) is 80.0 cm³/mol. The number of hydrogen-bond donors (Lipinski definition) is 1. The Morgan fingerprint density at radius 2 is 2.35 bits per heavy atom. The van der Waals surface area contributed by atoms with Crippen LogP contribution in [0.3, 0.4) is 0 Å². The summed E-state index contributed by atoms with van der Waals surface area (Å²) in [5.74, 6) is 0.742. The van der Waals surface area contributed by atoms with Crippen molar-refractivity contribution >= 4 is 27.4 Å². The first-order valence-electron chi connectivity index (χ1n) is 6.73. The molecule has 2 heterocycles. The molecule has 0 aromatic carbocycles. The molecule has 1 saturated heterocycles. The fourth-order valence-corrected chi connectivity index (χ4v) is 3.20. The van der Waals surface area contributed by atoms with E-state index in [1.807, 2.05) is 0 Å². The van der Waals surface area contributed by atoms with Gasteiger partial charge in [0.25, 0.3) is 5.69 Å². The van der Waals surface area contributed by atoms with E-state index in [2.05, 4.69) is 25.8 Å². The Morgan fingerprint density at radius 3 is 3.00 bits per heavy atom. The lowest BCUT2D eigenvalue weighted by Gasteiger charge is -2.37. The minimum absolute atomic E-state index is 0.0244. The number of rotatable bonds is 4. The van der Waals surface area contributed by atoms with Crippen molar-refractivity contribution < 1.29 is 10.0 Å². The largest absolute Gasteiger partial charge is 0.396 e. The van der Waals surface area contributed by atoms with Crippen LogP contribution in [0.2, 0.25) is 0 Å². The smallest absolute Gasteiger partial charge is 0.291 e. The Labute approximate surface area is 126 Å². The number of nitrogens with zero attached hydrogens (tertiary/aromatic N) is 3. The first-order valence-corrected chi connectivity index (χ1v) is 7.52. The number of anilines is 1. The Bertz CT molecular complexity index is 508. The van der Waals surface area contributed by atoms with Gasteiger partial charge in [0.1, 0.15) is 12.0 Å². The fraction of sp³-hybridized carbons (Fsp3) is 0.615. The van der Waals surface area contributed by atoms with Crippen molar-refractivity contribution in [3.8, 4) is 0 Å². The van der Waals surface area contributed by atoms with Crippen LogP contribution in [-0.2, 0) is 0 Å². The molecule has 0 spiro atoms.